The Morgan fingerprint density at radius 3 is 2.79 bits per heavy atom. The first kappa shape index (κ1) is 12.7. The Morgan fingerprint density at radius 2 is 2.05 bits per heavy atom. The second-order valence-corrected chi connectivity index (χ2v) is 5.50. The molecule has 0 aliphatic rings. The van der Waals surface area contributed by atoms with Crippen molar-refractivity contribution in [3.8, 4) is 16.5 Å². The van der Waals surface area contributed by atoms with Gasteiger partial charge in [0.25, 0.3) is 0 Å². The van der Waals surface area contributed by atoms with Crippen molar-refractivity contribution in [2.24, 2.45) is 0 Å². The molecule has 2 heterocycles. The number of benzene rings is 1. The largest absolute Gasteiger partial charge is 0.496 e. The van der Waals surface area contributed by atoms with E-state index < -0.39 is 0 Å². The van der Waals surface area contributed by atoms with E-state index in [9.17, 15) is 0 Å². The maximum atomic E-state index is 6.20. The topological polar surface area (TPSA) is 35.0 Å². The van der Waals surface area contributed by atoms with Crippen molar-refractivity contribution in [2.45, 2.75) is 0 Å². The van der Waals surface area contributed by atoms with Crippen LogP contribution in [0, 0.1) is 0 Å². The van der Waals surface area contributed by atoms with Crippen LogP contribution >= 0.6 is 34.5 Å². The molecular formula is C13H8Cl2N2OS. The van der Waals surface area contributed by atoms with E-state index >= 15 is 0 Å². The Balaban J connectivity index is 2.21. The minimum absolute atomic E-state index is 0.359. The van der Waals surface area contributed by atoms with E-state index in [0.29, 0.717) is 21.4 Å². The van der Waals surface area contributed by atoms with E-state index in [1.165, 1.54) is 11.3 Å². The number of methoxy groups -OCH3 is 1. The van der Waals surface area contributed by atoms with Crippen LogP contribution in [0.25, 0.3) is 21.6 Å². The summed E-state index contributed by atoms with van der Waals surface area (Å²) in [6, 6.07) is 7.36. The Labute approximate surface area is 123 Å². The fourth-order valence-electron chi connectivity index (χ4n) is 1.75. The zero-order valence-corrected chi connectivity index (χ0v) is 12.2. The van der Waals surface area contributed by atoms with E-state index in [1.54, 1.807) is 13.2 Å². The van der Waals surface area contributed by atoms with Gasteiger partial charge in [-0.3, -0.25) is 0 Å². The summed E-state index contributed by atoms with van der Waals surface area (Å²) in [5.74, 6) is 1.36. The fourth-order valence-corrected chi connectivity index (χ4v) is 3.13. The summed E-state index contributed by atoms with van der Waals surface area (Å²) < 4.78 is 5.15. The molecule has 3 nitrogen and oxygen atoms in total. The predicted octanol–water partition coefficient (Wildman–Crippen LogP) is 4.67. The Bertz CT molecular complexity index is 757. The van der Waals surface area contributed by atoms with Crippen molar-refractivity contribution in [1.82, 2.24) is 9.97 Å². The van der Waals surface area contributed by atoms with Gasteiger partial charge in [-0.25, -0.2) is 9.97 Å². The monoisotopic (exact) mass is 310 g/mol. The first-order valence-electron chi connectivity index (χ1n) is 5.43. The minimum Gasteiger partial charge on any atom is -0.496 e. The van der Waals surface area contributed by atoms with Crippen molar-refractivity contribution >= 4 is 45.4 Å². The molecule has 96 valence electrons. The number of fused-ring (bicyclic) bond motifs is 1. The van der Waals surface area contributed by atoms with Crippen molar-refractivity contribution < 1.29 is 4.74 Å². The lowest BCUT2D eigenvalue weighted by molar-refractivity contribution is 0.417. The van der Waals surface area contributed by atoms with Crippen LogP contribution in [0.4, 0.5) is 0 Å². The molecule has 0 unspecified atom stereocenters. The maximum Gasteiger partial charge on any atom is 0.171 e. The lowest BCUT2D eigenvalue weighted by atomic mass is 10.2. The number of rotatable bonds is 2. The van der Waals surface area contributed by atoms with Gasteiger partial charge in [-0.1, -0.05) is 29.3 Å². The lowest BCUT2D eigenvalue weighted by Gasteiger charge is -2.04. The molecule has 2 aromatic heterocycles. The van der Waals surface area contributed by atoms with Crippen LogP contribution in [0.15, 0.2) is 29.6 Å². The van der Waals surface area contributed by atoms with Crippen molar-refractivity contribution in [1.29, 1.82) is 0 Å². The molecule has 6 heteroatoms. The van der Waals surface area contributed by atoms with Crippen molar-refractivity contribution in [3.05, 3.63) is 39.8 Å². The number of thiophene rings is 1. The molecule has 3 aromatic rings. The van der Waals surface area contributed by atoms with Gasteiger partial charge in [0.1, 0.15) is 10.9 Å². The van der Waals surface area contributed by atoms with E-state index in [4.69, 9.17) is 27.9 Å². The van der Waals surface area contributed by atoms with Crippen molar-refractivity contribution in [2.75, 3.05) is 7.11 Å². The number of aromatic nitrogens is 2. The lowest BCUT2D eigenvalue weighted by Crippen LogP contribution is -1.90. The highest BCUT2D eigenvalue weighted by atomic mass is 35.5. The van der Waals surface area contributed by atoms with Gasteiger partial charge in [-0.2, -0.15) is 0 Å². The number of ether oxygens (including phenoxy) is 1. The van der Waals surface area contributed by atoms with Gasteiger partial charge in [-0.15, -0.1) is 11.3 Å². The Morgan fingerprint density at radius 1 is 1.21 bits per heavy atom. The third-order valence-electron chi connectivity index (χ3n) is 2.66. The van der Waals surface area contributed by atoms with Crippen LogP contribution in [0.5, 0.6) is 5.75 Å². The Hall–Kier alpha value is -1.36. The molecule has 3 rings (SSSR count). The van der Waals surface area contributed by atoms with Gasteiger partial charge >= 0.3 is 0 Å². The quantitative estimate of drug-likeness (QED) is 0.645. The molecule has 0 spiro atoms. The molecule has 0 aliphatic carbocycles. The normalized spacial score (nSPS) is 10.9. The van der Waals surface area contributed by atoms with Gasteiger partial charge in [0.05, 0.1) is 27.9 Å². The molecular weight excluding hydrogens is 303 g/mol. The maximum absolute atomic E-state index is 6.20. The average Bonchev–Trinajstić information content (AvgIpc) is 2.87. The zero-order chi connectivity index (χ0) is 13.4. The molecule has 0 atom stereocenters. The first-order chi connectivity index (χ1) is 9.19. The first-order valence-corrected chi connectivity index (χ1v) is 7.07. The molecule has 19 heavy (non-hydrogen) atoms. The number of nitrogens with zero attached hydrogens (tertiary/aromatic N) is 2. The molecule has 0 aliphatic heterocycles. The minimum atomic E-state index is 0.359. The average molecular weight is 311 g/mol. The second-order valence-electron chi connectivity index (χ2n) is 3.82. The number of hydrogen-bond donors (Lipinski definition) is 0. The highest BCUT2D eigenvalue weighted by Crippen LogP contribution is 2.33. The summed E-state index contributed by atoms with van der Waals surface area (Å²) in [6.45, 7) is 0. The van der Waals surface area contributed by atoms with Gasteiger partial charge < -0.3 is 4.74 Å². The van der Waals surface area contributed by atoms with Crippen LogP contribution in [0.1, 0.15) is 0 Å². The molecule has 1 aromatic carbocycles. The van der Waals surface area contributed by atoms with Crippen LogP contribution in [-0.4, -0.2) is 17.1 Å². The van der Waals surface area contributed by atoms with Gasteiger partial charge in [0.15, 0.2) is 5.82 Å². The molecule has 0 saturated heterocycles. The van der Waals surface area contributed by atoms with Crippen LogP contribution in [0.2, 0.25) is 10.2 Å². The predicted molar refractivity (Wildman–Crippen MR) is 79.4 cm³/mol. The van der Waals surface area contributed by atoms with Crippen LogP contribution in [-0.2, 0) is 0 Å². The zero-order valence-electron chi connectivity index (χ0n) is 9.85. The van der Waals surface area contributed by atoms with E-state index in [-0.39, 0.29) is 0 Å². The highest BCUT2D eigenvalue weighted by molar-refractivity contribution is 7.13. The molecule has 0 fully saturated rings. The van der Waals surface area contributed by atoms with Crippen molar-refractivity contribution in [3.63, 3.8) is 0 Å². The SMILES string of the molecule is COc1csc(-c2nc(Cl)c3c(Cl)cccc3n2)c1. The number of halogens is 2. The smallest absolute Gasteiger partial charge is 0.171 e. The molecule has 0 saturated carbocycles. The van der Waals surface area contributed by atoms with Crippen LogP contribution in [0.3, 0.4) is 0 Å². The summed E-state index contributed by atoms with van der Waals surface area (Å²) in [5.41, 5.74) is 0.731. The Kier molecular flexibility index (Phi) is 3.31. The second kappa shape index (κ2) is 4.96. The van der Waals surface area contributed by atoms with Gasteiger partial charge in [0.2, 0.25) is 0 Å². The summed E-state index contributed by atoms with van der Waals surface area (Å²) in [6.07, 6.45) is 0. The van der Waals surface area contributed by atoms with E-state index in [0.717, 1.165) is 16.1 Å². The van der Waals surface area contributed by atoms with Gasteiger partial charge in [0, 0.05) is 11.4 Å². The highest BCUT2D eigenvalue weighted by Gasteiger charge is 2.12. The molecule has 0 amide bonds. The standard InChI is InChI=1S/C13H8Cl2N2OS/c1-18-7-5-10(19-6-7)13-16-9-4-2-3-8(14)11(9)12(15)17-13/h2-6H,1H3. The fraction of sp³-hybridized carbons (Fsp3) is 0.0769. The third-order valence-corrected chi connectivity index (χ3v) is 4.15. The molecule has 0 bridgehead atoms. The molecule has 0 N–H and O–H groups in total. The number of hydrogen-bond acceptors (Lipinski definition) is 4. The van der Waals surface area contributed by atoms with E-state index in [1.807, 2.05) is 23.6 Å². The third kappa shape index (κ3) is 2.27. The van der Waals surface area contributed by atoms with E-state index in [2.05, 4.69) is 9.97 Å². The molecule has 0 radical (unpaired) electrons. The summed E-state index contributed by atoms with van der Waals surface area (Å²) in [7, 11) is 1.62. The summed E-state index contributed by atoms with van der Waals surface area (Å²) in [5, 5.41) is 3.49. The summed E-state index contributed by atoms with van der Waals surface area (Å²) >= 11 is 13.8. The van der Waals surface area contributed by atoms with Crippen LogP contribution < -0.4 is 4.74 Å². The summed E-state index contributed by atoms with van der Waals surface area (Å²) in [4.78, 5) is 9.70. The van der Waals surface area contributed by atoms with Gasteiger partial charge in [-0.05, 0) is 12.1 Å².